The third kappa shape index (κ3) is 5.60. The number of hydrogen-bond donors (Lipinski definition) is 1. The molecule has 1 aliphatic heterocycles. The van der Waals surface area contributed by atoms with E-state index in [2.05, 4.69) is 26.1 Å². The maximum Gasteiger partial charge on any atom is 0.0818 e. The van der Waals surface area contributed by atoms with Gasteiger partial charge in [0.2, 0.25) is 0 Å². The van der Waals surface area contributed by atoms with Crippen LogP contribution in [0, 0.1) is 0 Å². The summed E-state index contributed by atoms with van der Waals surface area (Å²) >= 11 is 2.00. The van der Waals surface area contributed by atoms with Gasteiger partial charge in [0.1, 0.15) is 0 Å². The molecule has 1 heterocycles. The molecule has 0 aromatic rings. The molecule has 17 heavy (non-hydrogen) atoms. The van der Waals surface area contributed by atoms with E-state index >= 15 is 0 Å². The van der Waals surface area contributed by atoms with Crippen molar-refractivity contribution < 1.29 is 9.47 Å². The lowest BCUT2D eigenvalue weighted by Crippen LogP contribution is -2.45. The van der Waals surface area contributed by atoms with Crippen molar-refractivity contribution in [2.45, 2.75) is 51.4 Å². The molecule has 2 unspecified atom stereocenters. The zero-order valence-electron chi connectivity index (χ0n) is 11.6. The van der Waals surface area contributed by atoms with Gasteiger partial charge in [0.05, 0.1) is 18.3 Å². The lowest BCUT2D eigenvalue weighted by atomic mass is 9.96. The Bertz CT molecular complexity index is 206. The number of hydrogen-bond acceptors (Lipinski definition) is 4. The first kappa shape index (κ1) is 15.3. The van der Waals surface area contributed by atoms with Crippen molar-refractivity contribution in [3.8, 4) is 0 Å². The molecule has 0 amide bonds. The van der Waals surface area contributed by atoms with Crippen molar-refractivity contribution in [3.63, 3.8) is 0 Å². The van der Waals surface area contributed by atoms with Crippen LogP contribution in [0.4, 0.5) is 0 Å². The van der Waals surface area contributed by atoms with Gasteiger partial charge in [-0.1, -0.05) is 6.92 Å². The van der Waals surface area contributed by atoms with E-state index in [0.717, 1.165) is 37.5 Å². The SMILES string of the molecule is CCNC(CCC(C)(C)OC)C1CSCCO1. The largest absolute Gasteiger partial charge is 0.379 e. The van der Waals surface area contributed by atoms with Crippen LogP contribution >= 0.6 is 11.8 Å². The molecule has 0 radical (unpaired) electrons. The quantitative estimate of drug-likeness (QED) is 0.762. The second-order valence-electron chi connectivity index (χ2n) is 5.15. The van der Waals surface area contributed by atoms with Gasteiger partial charge in [-0.25, -0.2) is 0 Å². The molecule has 3 nitrogen and oxygen atoms in total. The molecule has 0 bridgehead atoms. The van der Waals surface area contributed by atoms with Crippen molar-refractivity contribution in [1.29, 1.82) is 0 Å². The van der Waals surface area contributed by atoms with Gasteiger partial charge in [-0.15, -0.1) is 0 Å². The highest BCUT2D eigenvalue weighted by Gasteiger charge is 2.26. The number of nitrogens with one attached hydrogen (secondary N) is 1. The van der Waals surface area contributed by atoms with Crippen LogP contribution in [0.25, 0.3) is 0 Å². The van der Waals surface area contributed by atoms with Gasteiger partial charge in [-0.2, -0.15) is 11.8 Å². The van der Waals surface area contributed by atoms with Crippen molar-refractivity contribution in [1.82, 2.24) is 5.32 Å². The van der Waals surface area contributed by atoms with Crippen molar-refractivity contribution in [2.24, 2.45) is 0 Å². The zero-order valence-corrected chi connectivity index (χ0v) is 12.4. The summed E-state index contributed by atoms with van der Waals surface area (Å²) in [5, 5.41) is 3.56. The number of likely N-dealkylation sites (N-methyl/N-ethyl adjacent to an activating group) is 1. The lowest BCUT2D eigenvalue weighted by molar-refractivity contribution is -0.000266. The van der Waals surface area contributed by atoms with Crippen LogP contribution in [0.2, 0.25) is 0 Å². The summed E-state index contributed by atoms with van der Waals surface area (Å²) in [6.07, 6.45) is 2.53. The fraction of sp³-hybridized carbons (Fsp3) is 1.00. The molecule has 102 valence electrons. The highest BCUT2D eigenvalue weighted by molar-refractivity contribution is 7.99. The standard InChI is InChI=1S/C13H27NO2S/c1-5-14-11(6-7-13(2,3)15-4)12-10-17-9-8-16-12/h11-12,14H,5-10H2,1-4H3. The maximum absolute atomic E-state index is 5.87. The van der Waals surface area contributed by atoms with Gasteiger partial charge in [-0.3, -0.25) is 0 Å². The zero-order chi connectivity index (χ0) is 12.7. The van der Waals surface area contributed by atoms with Gasteiger partial charge in [0.15, 0.2) is 0 Å². The van der Waals surface area contributed by atoms with Crippen LogP contribution < -0.4 is 5.32 Å². The van der Waals surface area contributed by atoms with E-state index in [1.165, 1.54) is 0 Å². The Morgan fingerprint density at radius 1 is 1.53 bits per heavy atom. The van der Waals surface area contributed by atoms with Crippen LogP contribution in [0.15, 0.2) is 0 Å². The highest BCUT2D eigenvalue weighted by atomic mass is 32.2. The predicted octanol–water partition coefficient (Wildman–Crippen LogP) is 2.30. The molecule has 0 aromatic carbocycles. The third-order valence-electron chi connectivity index (χ3n) is 3.37. The first-order valence-electron chi connectivity index (χ1n) is 6.57. The number of rotatable bonds is 7. The Kier molecular flexibility index (Phi) is 6.85. The van der Waals surface area contributed by atoms with Gasteiger partial charge in [0.25, 0.3) is 0 Å². The van der Waals surface area contributed by atoms with E-state index in [1.807, 2.05) is 11.8 Å². The van der Waals surface area contributed by atoms with E-state index in [-0.39, 0.29) is 5.60 Å². The average molecular weight is 261 g/mol. The van der Waals surface area contributed by atoms with E-state index in [1.54, 1.807) is 7.11 Å². The highest BCUT2D eigenvalue weighted by Crippen LogP contribution is 2.22. The lowest BCUT2D eigenvalue weighted by Gasteiger charge is -2.33. The molecule has 1 fully saturated rings. The minimum Gasteiger partial charge on any atom is -0.379 e. The molecule has 1 N–H and O–H groups in total. The Morgan fingerprint density at radius 2 is 2.29 bits per heavy atom. The molecule has 1 rings (SSSR count). The first-order chi connectivity index (χ1) is 8.09. The number of ether oxygens (including phenoxy) is 2. The van der Waals surface area contributed by atoms with E-state index < -0.39 is 0 Å². The van der Waals surface area contributed by atoms with Gasteiger partial charge >= 0.3 is 0 Å². The molecule has 4 heteroatoms. The van der Waals surface area contributed by atoms with Crippen LogP contribution in [0.1, 0.15) is 33.6 Å². The van der Waals surface area contributed by atoms with Gasteiger partial charge in [0, 0.05) is 24.7 Å². The van der Waals surface area contributed by atoms with E-state index in [0.29, 0.717) is 12.1 Å². The van der Waals surface area contributed by atoms with E-state index in [4.69, 9.17) is 9.47 Å². The third-order valence-corrected chi connectivity index (χ3v) is 4.39. The summed E-state index contributed by atoms with van der Waals surface area (Å²) in [5.41, 5.74) is -0.0323. The van der Waals surface area contributed by atoms with Crippen molar-refractivity contribution in [2.75, 3.05) is 31.8 Å². The van der Waals surface area contributed by atoms with Crippen LogP contribution in [0.3, 0.4) is 0 Å². The molecule has 0 aromatic heterocycles. The Labute approximate surface area is 110 Å². The summed E-state index contributed by atoms with van der Waals surface area (Å²) in [6.45, 7) is 8.34. The predicted molar refractivity (Wildman–Crippen MR) is 74.9 cm³/mol. The summed E-state index contributed by atoms with van der Waals surface area (Å²) in [4.78, 5) is 0. The first-order valence-corrected chi connectivity index (χ1v) is 7.72. The second-order valence-corrected chi connectivity index (χ2v) is 6.30. The minimum absolute atomic E-state index is 0.0323. The van der Waals surface area contributed by atoms with Gasteiger partial charge in [-0.05, 0) is 33.2 Å². The normalized spacial score (nSPS) is 23.6. The minimum atomic E-state index is -0.0323. The van der Waals surface area contributed by atoms with Crippen molar-refractivity contribution >= 4 is 11.8 Å². The Hall–Kier alpha value is 0.230. The smallest absolute Gasteiger partial charge is 0.0818 e. The van der Waals surface area contributed by atoms with Crippen LogP contribution in [0.5, 0.6) is 0 Å². The van der Waals surface area contributed by atoms with Gasteiger partial charge < -0.3 is 14.8 Å². The fourth-order valence-corrected chi connectivity index (χ4v) is 2.97. The second kappa shape index (κ2) is 7.62. The van der Waals surface area contributed by atoms with Crippen LogP contribution in [-0.4, -0.2) is 49.5 Å². The Morgan fingerprint density at radius 3 is 2.82 bits per heavy atom. The maximum atomic E-state index is 5.87. The summed E-state index contributed by atoms with van der Waals surface area (Å²) < 4.78 is 11.3. The van der Waals surface area contributed by atoms with E-state index in [9.17, 15) is 0 Å². The molecular weight excluding hydrogens is 234 g/mol. The molecule has 0 aliphatic carbocycles. The molecule has 2 atom stereocenters. The van der Waals surface area contributed by atoms with Crippen LogP contribution in [-0.2, 0) is 9.47 Å². The van der Waals surface area contributed by atoms with Crippen molar-refractivity contribution in [3.05, 3.63) is 0 Å². The Balaban J connectivity index is 2.41. The average Bonchev–Trinajstić information content (AvgIpc) is 2.35. The molecule has 1 aliphatic rings. The summed E-state index contributed by atoms with van der Waals surface area (Å²) in [6, 6.07) is 0.460. The topological polar surface area (TPSA) is 30.5 Å². The number of methoxy groups -OCH3 is 1. The fourth-order valence-electron chi connectivity index (χ4n) is 2.03. The molecule has 1 saturated heterocycles. The molecule has 0 saturated carbocycles. The summed E-state index contributed by atoms with van der Waals surface area (Å²) in [7, 11) is 1.79. The summed E-state index contributed by atoms with van der Waals surface area (Å²) in [5.74, 6) is 2.25. The molecule has 0 spiro atoms. The number of thioether (sulfide) groups is 1. The monoisotopic (exact) mass is 261 g/mol. The molecular formula is C13H27NO2S.